The number of hydrogen-bond donors (Lipinski definition) is 0. The first-order chi connectivity index (χ1) is 12.7. The predicted octanol–water partition coefficient (Wildman–Crippen LogP) is 7.23. The van der Waals surface area contributed by atoms with Crippen molar-refractivity contribution in [1.29, 1.82) is 0 Å². The van der Waals surface area contributed by atoms with E-state index in [-0.39, 0.29) is 5.60 Å². The maximum atomic E-state index is 10.1. The zero-order valence-electron chi connectivity index (χ0n) is 18.2. The molecule has 0 aromatic heterocycles. The molecule has 0 amide bonds. The van der Waals surface area contributed by atoms with Crippen molar-refractivity contribution in [2.24, 2.45) is 10.9 Å². The average molecular weight is 368 g/mol. The lowest BCUT2D eigenvalue weighted by Gasteiger charge is -2.40. The van der Waals surface area contributed by atoms with Crippen molar-refractivity contribution in [3.8, 4) is 0 Å². The molecule has 26 heavy (non-hydrogen) atoms. The number of unbranched alkanes of at least 4 members (excludes halogenated alkanes) is 8. The quantitative estimate of drug-likeness (QED) is 0.137. The molecule has 154 valence electrons. The van der Waals surface area contributed by atoms with Gasteiger partial charge in [-0.2, -0.15) is 0 Å². The molecule has 0 heterocycles. The molecule has 0 bridgehead atoms. The SMILES string of the molecule is CCCCCCCCC(CCCCCCN=C=O)C(CC)(CC)OCC. The van der Waals surface area contributed by atoms with Crippen LogP contribution in [-0.2, 0) is 9.53 Å². The molecular formula is C23H45NO2. The highest BCUT2D eigenvalue weighted by atomic mass is 16.5. The summed E-state index contributed by atoms with van der Waals surface area (Å²) in [4.78, 5) is 13.7. The second-order valence-corrected chi connectivity index (χ2v) is 7.63. The van der Waals surface area contributed by atoms with Crippen molar-refractivity contribution in [1.82, 2.24) is 0 Å². The van der Waals surface area contributed by atoms with Crippen molar-refractivity contribution in [3.05, 3.63) is 0 Å². The van der Waals surface area contributed by atoms with Gasteiger partial charge in [-0.15, -0.1) is 0 Å². The minimum absolute atomic E-state index is 0.0694. The predicted molar refractivity (Wildman–Crippen MR) is 112 cm³/mol. The first-order valence-corrected chi connectivity index (χ1v) is 11.4. The zero-order valence-corrected chi connectivity index (χ0v) is 18.2. The third-order valence-corrected chi connectivity index (χ3v) is 5.92. The molecule has 0 N–H and O–H groups in total. The Labute approximate surface area is 163 Å². The summed E-state index contributed by atoms with van der Waals surface area (Å²) >= 11 is 0. The number of isocyanates is 1. The molecule has 0 saturated carbocycles. The van der Waals surface area contributed by atoms with Crippen molar-refractivity contribution in [2.75, 3.05) is 13.2 Å². The maximum absolute atomic E-state index is 10.1. The number of ether oxygens (including phenoxy) is 1. The fourth-order valence-corrected chi connectivity index (χ4v) is 4.26. The molecule has 0 aromatic rings. The summed E-state index contributed by atoms with van der Waals surface area (Å²) in [7, 11) is 0. The summed E-state index contributed by atoms with van der Waals surface area (Å²) < 4.78 is 6.34. The molecule has 0 aromatic carbocycles. The van der Waals surface area contributed by atoms with E-state index in [0.717, 1.165) is 32.3 Å². The third kappa shape index (κ3) is 11.1. The van der Waals surface area contributed by atoms with Crippen molar-refractivity contribution >= 4 is 6.08 Å². The molecule has 0 aliphatic carbocycles. The van der Waals surface area contributed by atoms with Gasteiger partial charge in [0.1, 0.15) is 0 Å². The van der Waals surface area contributed by atoms with Crippen LogP contribution in [-0.4, -0.2) is 24.8 Å². The Morgan fingerprint density at radius 1 is 0.808 bits per heavy atom. The highest BCUT2D eigenvalue weighted by Gasteiger charge is 2.35. The van der Waals surface area contributed by atoms with Crippen LogP contribution in [0.1, 0.15) is 118 Å². The van der Waals surface area contributed by atoms with E-state index in [0.29, 0.717) is 12.5 Å². The molecule has 1 atom stereocenters. The molecule has 0 rings (SSSR count). The topological polar surface area (TPSA) is 38.7 Å². The largest absolute Gasteiger partial charge is 0.375 e. The van der Waals surface area contributed by atoms with E-state index in [1.165, 1.54) is 64.2 Å². The molecular weight excluding hydrogens is 322 g/mol. The van der Waals surface area contributed by atoms with Gasteiger partial charge in [0.15, 0.2) is 0 Å². The van der Waals surface area contributed by atoms with Crippen LogP contribution in [0.4, 0.5) is 0 Å². The molecule has 0 aliphatic rings. The zero-order chi connectivity index (χ0) is 19.5. The van der Waals surface area contributed by atoms with E-state index in [1.807, 2.05) is 0 Å². The summed E-state index contributed by atoms with van der Waals surface area (Å²) in [6, 6.07) is 0. The summed E-state index contributed by atoms with van der Waals surface area (Å²) in [6.45, 7) is 10.5. The fourth-order valence-electron chi connectivity index (χ4n) is 4.26. The van der Waals surface area contributed by atoms with Gasteiger partial charge in [0.2, 0.25) is 6.08 Å². The van der Waals surface area contributed by atoms with Crippen LogP contribution in [0.3, 0.4) is 0 Å². The lowest BCUT2D eigenvalue weighted by molar-refractivity contribution is -0.0936. The Morgan fingerprint density at radius 2 is 1.35 bits per heavy atom. The first kappa shape index (κ1) is 25.3. The Morgan fingerprint density at radius 3 is 1.85 bits per heavy atom. The molecule has 3 nitrogen and oxygen atoms in total. The van der Waals surface area contributed by atoms with Crippen molar-refractivity contribution in [3.63, 3.8) is 0 Å². The van der Waals surface area contributed by atoms with Gasteiger partial charge in [-0.05, 0) is 44.9 Å². The molecule has 1 unspecified atom stereocenters. The van der Waals surface area contributed by atoms with E-state index >= 15 is 0 Å². The molecule has 3 heteroatoms. The van der Waals surface area contributed by atoms with Gasteiger partial charge in [0.05, 0.1) is 12.1 Å². The molecule has 0 spiro atoms. The number of rotatable bonds is 19. The molecule has 0 saturated heterocycles. The van der Waals surface area contributed by atoms with Gasteiger partial charge in [0, 0.05) is 6.61 Å². The second-order valence-electron chi connectivity index (χ2n) is 7.63. The highest BCUT2D eigenvalue weighted by Crippen LogP contribution is 2.37. The van der Waals surface area contributed by atoms with Gasteiger partial charge in [0.25, 0.3) is 0 Å². The summed E-state index contributed by atoms with van der Waals surface area (Å²) in [5.74, 6) is 0.677. The summed E-state index contributed by atoms with van der Waals surface area (Å²) in [6.07, 6.45) is 19.3. The van der Waals surface area contributed by atoms with Crippen LogP contribution in [0.2, 0.25) is 0 Å². The molecule has 0 fully saturated rings. The average Bonchev–Trinajstić information content (AvgIpc) is 2.66. The van der Waals surface area contributed by atoms with Crippen LogP contribution in [0.15, 0.2) is 4.99 Å². The van der Waals surface area contributed by atoms with Gasteiger partial charge in [-0.1, -0.05) is 78.6 Å². The van der Waals surface area contributed by atoms with Crippen molar-refractivity contribution in [2.45, 2.75) is 123 Å². The fraction of sp³-hybridized carbons (Fsp3) is 0.957. The highest BCUT2D eigenvalue weighted by molar-refractivity contribution is 5.32. The minimum atomic E-state index is 0.0694. The number of nitrogens with zero attached hydrogens (tertiary/aromatic N) is 1. The number of carbonyl (C=O) groups excluding carboxylic acids is 1. The van der Waals surface area contributed by atoms with Crippen LogP contribution < -0.4 is 0 Å². The Balaban J connectivity index is 4.44. The second kappa shape index (κ2) is 17.7. The van der Waals surface area contributed by atoms with E-state index in [2.05, 4.69) is 32.7 Å². The molecule has 0 radical (unpaired) electrons. The monoisotopic (exact) mass is 367 g/mol. The lowest BCUT2D eigenvalue weighted by atomic mass is 9.76. The Kier molecular flexibility index (Phi) is 17.3. The van der Waals surface area contributed by atoms with Gasteiger partial charge < -0.3 is 4.74 Å². The van der Waals surface area contributed by atoms with Crippen LogP contribution >= 0.6 is 0 Å². The molecule has 0 aliphatic heterocycles. The maximum Gasteiger partial charge on any atom is 0.234 e. The van der Waals surface area contributed by atoms with Crippen LogP contribution in [0, 0.1) is 5.92 Å². The van der Waals surface area contributed by atoms with Crippen LogP contribution in [0.5, 0.6) is 0 Å². The smallest absolute Gasteiger partial charge is 0.234 e. The van der Waals surface area contributed by atoms with Crippen LogP contribution in [0.25, 0.3) is 0 Å². The van der Waals surface area contributed by atoms with Gasteiger partial charge >= 0.3 is 0 Å². The lowest BCUT2D eigenvalue weighted by Crippen LogP contribution is -2.40. The van der Waals surface area contributed by atoms with E-state index in [1.54, 1.807) is 6.08 Å². The van der Waals surface area contributed by atoms with E-state index in [4.69, 9.17) is 4.74 Å². The standard InChI is InChI=1S/C23H45NO2/c1-5-9-10-11-12-15-18-22(23(6-2,7-3)26-8-4)19-16-13-14-17-20-24-21-25/h22H,5-20H2,1-4H3. The van der Waals surface area contributed by atoms with Gasteiger partial charge in [-0.3, -0.25) is 0 Å². The van der Waals surface area contributed by atoms with Gasteiger partial charge in [-0.25, -0.2) is 9.79 Å². The number of hydrogen-bond acceptors (Lipinski definition) is 3. The van der Waals surface area contributed by atoms with E-state index < -0.39 is 0 Å². The Hall–Kier alpha value is -0.660. The van der Waals surface area contributed by atoms with Crippen molar-refractivity contribution < 1.29 is 9.53 Å². The third-order valence-electron chi connectivity index (χ3n) is 5.92. The summed E-state index contributed by atoms with van der Waals surface area (Å²) in [5, 5.41) is 0. The minimum Gasteiger partial charge on any atom is -0.375 e. The first-order valence-electron chi connectivity index (χ1n) is 11.4. The number of aliphatic imine (C=N–C) groups is 1. The summed E-state index contributed by atoms with van der Waals surface area (Å²) in [5.41, 5.74) is 0.0694. The Bertz CT molecular complexity index is 346. The normalized spacial score (nSPS) is 12.8. The van der Waals surface area contributed by atoms with E-state index in [9.17, 15) is 4.79 Å².